The molecule has 1 unspecified atom stereocenters. The third-order valence-corrected chi connectivity index (χ3v) is 4.18. The molecule has 0 aliphatic heterocycles. The van der Waals surface area contributed by atoms with Crippen molar-refractivity contribution in [2.75, 3.05) is 0 Å². The molecule has 0 spiro atoms. The zero-order chi connectivity index (χ0) is 12.5. The van der Waals surface area contributed by atoms with Crippen LogP contribution in [-0.4, -0.2) is 0 Å². The largest absolute Gasteiger partial charge is 0.0622 e. The van der Waals surface area contributed by atoms with Gasteiger partial charge in [-0.3, -0.25) is 0 Å². The zero-order valence-corrected chi connectivity index (χ0v) is 11.2. The maximum Gasteiger partial charge on any atom is -0.0133 e. The van der Waals surface area contributed by atoms with Crippen molar-refractivity contribution in [3.8, 4) is 11.1 Å². The molecule has 2 aromatic carbocycles. The van der Waals surface area contributed by atoms with E-state index in [-0.39, 0.29) is 0 Å². The molecule has 92 valence electrons. The van der Waals surface area contributed by atoms with Crippen LogP contribution in [0.4, 0.5) is 0 Å². The molecular weight excluding hydrogens is 216 g/mol. The lowest BCUT2D eigenvalue weighted by atomic mass is 9.88. The number of hydrogen-bond acceptors (Lipinski definition) is 0. The minimum Gasteiger partial charge on any atom is -0.0622 e. The van der Waals surface area contributed by atoms with E-state index in [4.69, 9.17) is 0 Å². The van der Waals surface area contributed by atoms with Crippen molar-refractivity contribution in [1.82, 2.24) is 0 Å². The van der Waals surface area contributed by atoms with Gasteiger partial charge in [0.1, 0.15) is 0 Å². The third-order valence-electron chi connectivity index (χ3n) is 4.18. The first kappa shape index (κ1) is 11.5. The smallest absolute Gasteiger partial charge is 0.0133 e. The highest BCUT2D eigenvalue weighted by atomic mass is 14.3. The summed E-state index contributed by atoms with van der Waals surface area (Å²) in [5.74, 6) is 1.50. The number of rotatable bonds is 2. The van der Waals surface area contributed by atoms with Gasteiger partial charge in [0.05, 0.1) is 0 Å². The van der Waals surface area contributed by atoms with Crippen molar-refractivity contribution >= 4 is 0 Å². The SMILES string of the molecule is CC(C)C1CCc2ccc(-c3ccccc3)cc21. The van der Waals surface area contributed by atoms with E-state index in [1.54, 1.807) is 11.1 Å². The quantitative estimate of drug-likeness (QED) is 0.685. The van der Waals surface area contributed by atoms with E-state index in [2.05, 4.69) is 62.4 Å². The fourth-order valence-electron chi connectivity index (χ4n) is 3.14. The molecule has 0 N–H and O–H groups in total. The number of aryl methyl sites for hydroxylation is 1. The number of hydrogen-bond donors (Lipinski definition) is 0. The second-order valence-corrected chi connectivity index (χ2v) is 5.67. The van der Waals surface area contributed by atoms with Crippen molar-refractivity contribution in [2.45, 2.75) is 32.6 Å². The van der Waals surface area contributed by atoms with Gasteiger partial charge in [-0.15, -0.1) is 0 Å². The fraction of sp³-hybridized carbons (Fsp3) is 0.333. The Morgan fingerprint density at radius 1 is 0.944 bits per heavy atom. The molecule has 0 saturated carbocycles. The van der Waals surface area contributed by atoms with E-state index in [0.29, 0.717) is 0 Å². The molecule has 0 nitrogen and oxygen atoms in total. The van der Waals surface area contributed by atoms with Crippen LogP contribution in [0, 0.1) is 5.92 Å². The molecule has 1 aliphatic rings. The second kappa shape index (κ2) is 4.61. The first-order chi connectivity index (χ1) is 8.75. The molecule has 0 fully saturated rings. The van der Waals surface area contributed by atoms with Crippen molar-refractivity contribution in [3.05, 3.63) is 59.7 Å². The van der Waals surface area contributed by atoms with Gasteiger partial charge in [-0.25, -0.2) is 0 Å². The van der Waals surface area contributed by atoms with E-state index in [1.807, 2.05) is 0 Å². The highest BCUT2D eigenvalue weighted by molar-refractivity contribution is 5.65. The minimum absolute atomic E-state index is 0.747. The molecule has 0 bridgehead atoms. The first-order valence-electron chi connectivity index (χ1n) is 6.94. The average molecular weight is 236 g/mol. The van der Waals surface area contributed by atoms with Gasteiger partial charge in [-0.05, 0) is 46.9 Å². The van der Waals surface area contributed by atoms with Crippen LogP contribution in [-0.2, 0) is 6.42 Å². The van der Waals surface area contributed by atoms with E-state index in [0.717, 1.165) is 11.8 Å². The summed E-state index contributed by atoms with van der Waals surface area (Å²) < 4.78 is 0. The maximum atomic E-state index is 2.42. The van der Waals surface area contributed by atoms with Gasteiger partial charge < -0.3 is 0 Å². The molecular formula is C18H20. The first-order valence-corrected chi connectivity index (χ1v) is 6.94. The van der Waals surface area contributed by atoms with Gasteiger partial charge in [-0.1, -0.05) is 62.4 Å². The summed E-state index contributed by atoms with van der Waals surface area (Å²) >= 11 is 0. The summed E-state index contributed by atoms with van der Waals surface area (Å²) in [6.07, 6.45) is 2.58. The second-order valence-electron chi connectivity index (χ2n) is 5.67. The van der Waals surface area contributed by atoms with Crippen LogP contribution < -0.4 is 0 Å². The predicted octanol–water partition coefficient (Wildman–Crippen LogP) is 5.04. The van der Waals surface area contributed by atoms with E-state index in [1.165, 1.54) is 24.0 Å². The summed E-state index contributed by atoms with van der Waals surface area (Å²) in [6, 6.07) is 17.7. The Morgan fingerprint density at radius 3 is 2.44 bits per heavy atom. The Hall–Kier alpha value is -1.56. The van der Waals surface area contributed by atoms with Gasteiger partial charge >= 0.3 is 0 Å². The zero-order valence-electron chi connectivity index (χ0n) is 11.2. The molecule has 18 heavy (non-hydrogen) atoms. The van der Waals surface area contributed by atoms with Gasteiger partial charge in [0, 0.05) is 0 Å². The van der Waals surface area contributed by atoms with Crippen molar-refractivity contribution < 1.29 is 0 Å². The van der Waals surface area contributed by atoms with Crippen molar-refractivity contribution in [3.63, 3.8) is 0 Å². The van der Waals surface area contributed by atoms with Gasteiger partial charge in [0.2, 0.25) is 0 Å². The molecule has 0 heteroatoms. The average Bonchev–Trinajstić information content (AvgIpc) is 2.82. The van der Waals surface area contributed by atoms with E-state index >= 15 is 0 Å². The summed E-state index contributed by atoms with van der Waals surface area (Å²) in [6.45, 7) is 4.68. The Morgan fingerprint density at radius 2 is 1.72 bits per heavy atom. The number of benzene rings is 2. The lowest BCUT2D eigenvalue weighted by Crippen LogP contribution is -2.02. The summed E-state index contributed by atoms with van der Waals surface area (Å²) in [7, 11) is 0. The van der Waals surface area contributed by atoms with E-state index < -0.39 is 0 Å². The Balaban J connectivity index is 2.03. The van der Waals surface area contributed by atoms with Crippen LogP contribution in [0.3, 0.4) is 0 Å². The summed E-state index contributed by atoms with van der Waals surface area (Å²) in [4.78, 5) is 0. The van der Waals surface area contributed by atoms with Crippen LogP contribution in [0.2, 0.25) is 0 Å². The van der Waals surface area contributed by atoms with Crippen LogP contribution in [0.1, 0.15) is 37.3 Å². The highest BCUT2D eigenvalue weighted by Crippen LogP contribution is 2.39. The molecule has 0 heterocycles. The Bertz CT molecular complexity index is 537. The molecule has 0 amide bonds. The van der Waals surface area contributed by atoms with Crippen LogP contribution in [0.5, 0.6) is 0 Å². The highest BCUT2D eigenvalue weighted by Gasteiger charge is 2.25. The normalized spacial score (nSPS) is 18.1. The fourth-order valence-corrected chi connectivity index (χ4v) is 3.14. The Kier molecular flexibility index (Phi) is 2.95. The standard InChI is InChI=1S/C18H20/c1-13(2)17-11-10-15-8-9-16(12-18(15)17)14-6-4-3-5-7-14/h3-9,12-13,17H,10-11H2,1-2H3. The van der Waals surface area contributed by atoms with Crippen LogP contribution in [0.15, 0.2) is 48.5 Å². The molecule has 1 atom stereocenters. The lowest BCUT2D eigenvalue weighted by Gasteiger charge is -2.16. The molecule has 3 rings (SSSR count). The number of fused-ring (bicyclic) bond motifs is 1. The molecule has 1 aliphatic carbocycles. The van der Waals surface area contributed by atoms with Crippen LogP contribution >= 0.6 is 0 Å². The maximum absolute atomic E-state index is 2.42. The van der Waals surface area contributed by atoms with Crippen molar-refractivity contribution in [2.24, 2.45) is 5.92 Å². The molecule has 0 aromatic heterocycles. The molecule has 0 saturated heterocycles. The molecule has 0 radical (unpaired) electrons. The minimum atomic E-state index is 0.747. The monoisotopic (exact) mass is 236 g/mol. The topological polar surface area (TPSA) is 0 Å². The van der Waals surface area contributed by atoms with Gasteiger partial charge in [0.25, 0.3) is 0 Å². The summed E-state index contributed by atoms with van der Waals surface area (Å²) in [5.41, 5.74) is 5.84. The summed E-state index contributed by atoms with van der Waals surface area (Å²) in [5, 5.41) is 0. The Labute approximate surface area is 110 Å². The lowest BCUT2D eigenvalue weighted by molar-refractivity contribution is 0.496. The van der Waals surface area contributed by atoms with Crippen molar-refractivity contribution in [1.29, 1.82) is 0 Å². The van der Waals surface area contributed by atoms with Crippen LogP contribution in [0.25, 0.3) is 11.1 Å². The van der Waals surface area contributed by atoms with Gasteiger partial charge in [0.15, 0.2) is 0 Å². The third kappa shape index (κ3) is 1.96. The van der Waals surface area contributed by atoms with E-state index in [9.17, 15) is 0 Å². The predicted molar refractivity (Wildman–Crippen MR) is 77.8 cm³/mol. The molecule has 2 aromatic rings. The van der Waals surface area contributed by atoms with Gasteiger partial charge in [-0.2, -0.15) is 0 Å².